The van der Waals surface area contributed by atoms with Crippen molar-refractivity contribution in [3.63, 3.8) is 0 Å². The van der Waals surface area contributed by atoms with E-state index in [2.05, 4.69) is 159 Å². The van der Waals surface area contributed by atoms with Gasteiger partial charge in [0.05, 0.1) is 19.8 Å². The molecule has 13 heteroatoms. The van der Waals surface area contributed by atoms with Crippen molar-refractivity contribution in [2.75, 3.05) is 19.8 Å². The van der Waals surface area contributed by atoms with Crippen LogP contribution in [0.4, 0.5) is 48.3 Å². The maximum Gasteiger partial charge on any atom is 0.248 e. The first kappa shape index (κ1) is 135. The molecule has 2 aliphatic rings. The number of hydrogen-bond donors (Lipinski definition) is 1. The number of hydrogen-bond acceptors (Lipinski definition) is 2. The standard InChI is InChI=1S/3C11H23F.C11H22O.C11H22.2C10H20F2.C10H21FO.C10H21F.C9H18F2.CH4/c3*1-6-10(4,7-2)9-11(5,12)8-3;1-5-10(3,6-2)7-11(4)8-12-9-11;1-5-10(3,6-2)9-11(4)7-8-11;2*1-5-9(4,6-2)8-10(11,12)7-3;1-5-9(3,6-2)7-10(4,11)8-12;1-6-10(5,7-2)8-9(3,4)11;1-5-8(3,6-2)7-9(4,10)11;/h3*6-9H2,1-5H3;5-9H2,1-4H3;5-9H2,1-4H3;2*5-8H2,1-4H3;12H,5-8H2,1-4H3;6-8H2,1-5H3;5-7H2,1-4H3;1H4/t3*11-;;;;;10-;;;/m110....1.../s1. The van der Waals surface area contributed by atoms with Crippen molar-refractivity contribution in [1.82, 2.24) is 0 Å². The number of halogens is 11. The minimum absolute atomic E-state index is 0. The van der Waals surface area contributed by atoms with Crippen LogP contribution in [0.5, 0.6) is 0 Å². The van der Waals surface area contributed by atoms with E-state index >= 15 is 0 Å². The summed E-state index contributed by atoms with van der Waals surface area (Å²) in [7, 11) is 0. The highest BCUT2D eigenvalue weighted by molar-refractivity contribution is 4.94. The summed E-state index contributed by atoms with van der Waals surface area (Å²) < 4.78 is 150. The second kappa shape index (κ2) is 60.0. The Balaban J connectivity index is -0.000000160. The first-order chi connectivity index (χ1) is 52.6. The quantitative estimate of drug-likeness (QED) is 0.0616. The molecule has 0 aromatic heterocycles. The summed E-state index contributed by atoms with van der Waals surface area (Å²) in [5.41, 5.74) is -2.69. The van der Waals surface area contributed by atoms with Gasteiger partial charge in [0.25, 0.3) is 0 Å². The van der Waals surface area contributed by atoms with Crippen LogP contribution in [-0.4, -0.2) is 71.0 Å². The molecule has 0 bridgehead atoms. The maximum absolute atomic E-state index is 13.7. The molecule has 1 saturated carbocycles. The predicted octanol–water partition coefficient (Wildman–Crippen LogP) is 40.1. The Bertz CT molecular complexity index is 1950. The Morgan fingerprint density at radius 2 is 0.407 bits per heavy atom. The zero-order valence-electron chi connectivity index (χ0n) is 87.3. The highest BCUT2D eigenvalue weighted by Gasteiger charge is 2.44. The molecule has 0 radical (unpaired) electrons. The van der Waals surface area contributed by atoms with E-state index < -0.39 is 46.1 Å². The van der Waals surface area contributed by atoms with Crippen LogP contribution in [0, 0.1) is 65.0 Å². The van der Waals surface area contributed by atoms with E-state index in [4.69, 9.17) is 9.84 Å². The summed E-state index contributed by atoms with van der Waals surface area (Å²) in [5, 5.41) is 8.77. The van der Waals surface area contributed by atoms with Crippen LogP contribution in [0.3, 0.4) is 0 Å². The van der Waals surface area contributed by atoms with Crippen LogP contribution >= 0.6 is 0 Å². The monoisotopic (exact) mass is 1720 g/mol. The zero-order chi connectivity index (χ0) is 95.0. The second-order valence-electron chi connectivity index (χ2n) is 43.6. The van der Waals surface area contributed by atoms with Gasteiger partial charge in [-0.1, -0.05) is 392 Å². The lowest BCUT2D eigenvalue weighted by molar-refractivity contribution is -0.123. The molecular weight excluding hydrogens is 1500 g/mol. The highest BCUT2D eigenvalue weighted by Crippen LogP contribution is 2.55. The normalized spacial score (nSPS) is 16.7. The number of alkyl halides is 11. The van der Waals surface area contributed by atoms with Crippen molar-refractivity contribution >= 4 is 0 Å². The minimum Gasteiger partial charge on any atom is -0.393 e. The number of rotatable bonds is 46. The van der Waals surface area contributed by atoms with E-state index in [9.17, 15) is 48.3 Å². The zero-order valence-corrected chi connectivity index (χ0v) is 87.3. The van der Waals surface area contributed by atoms with E-state index in [1.165, 1.54) is 58.3 Å². The lowest BCUT2D eigenvalue weighted by atomic mass is 9.69. The van der Waals surface area contributed by atoms with Crippen molar-refractivity contribution in [2.24, 2.45) is 65.0 Å². The molecule has 0 unspecified atom stereocenters. The van der Waals surface area contributed by atoms with Gasteiger partial charge in [-0.15, -0.1) is 0 Å². The molecule has 2 fully saturated rings. The summed E-state index contributed by atoms with van der Waals surface area (Å²) in [6.07, 6.45) is 31.6. The van der Waals surface area contributed by atoms with E-state index in [1.54, 1.807) is 48.5 Å². The summed E-state index contributed by atoms with van der Waals surface area (Å²) in [6.45, 7) is 90.0. The largest absolute Gasteiger partial charge is 0.393 e. The third kappa shape index (κ3) is 66.6. The topological polar surface area (TPSA) is 29.5 Å². The average Bonchev–Trinajstić information content (AvgIpc) is 1.77. The average molecular weight is 1720 g/mol. The van der Waals surface area contributed by atoms with Crippen molar-refractivity contribution in [2.45, 2.75) is 596 Å². The molecule has 118 heavy (non-hydrogen) atoms. The fourth-order valence-corrected chi connectivity index (χ4v) is 15.3. The van der Waals surface area contributed by atoms with Crippen molar-refractivity contribution in [3.05, 3.63) is 0 Å². The van der Waals surface area contributed by atoms with Gasteiger partial charge in [-0.05, 0) is 185 Å². The first-order valence-electron chi connectivity index (χ1n) is 48.3. The molecule has 4 atom stereocenters. The first-order valence-corrected chi connectivity index (χ1v) is 48.3. The van der Waals surface area contributed by atoms with Crippen molar-refractivity contribution in [1.29, 1.82) is 0 Å². The van der Waals surface area contributed by atoms with Crippen molar-refractivity contribution in [3.8, 4) is 0 Å². The van der Waals surface area contributed by atoms with Crippen LogP contribution in [0.2, 0.25) is 0 Å². The van der Waals surface area contributed by atoms with Gasteiger partial charge in [0.1, 0.15) is 28.3 Å². The Morgan fingerprint density at radius 3 is 0.534 bits per heavy atom. The fourth-order valence-electron chi connectivity index (χ4n) is 15.3. The lowest BCUT2D eigenvalue weighted by Crippen LogP contribution is -2.43. The summed E-state index contributed by atoms with van der Waals surface area (Å²) in [4.78, 5) is 0. The molecule has 726 valence electrons. The van der Waals surface area contributed by atoms with Crippen LogP contribution in [-0.2, 0) is 4.74 Å². The smallest absolute Gasteiger partial charge is 0.248 e. The Hall–Kier alpha value is -0.850. The van der Waals surface area contributed by atoms with Gasteiger partial charge >= 0.3 is 0 Å². The number of ether oxygens (including phenoxy) is 1. The van der Waals surface area contributed by atoms with Crippen LogP contribution in [0.15, 0.2) is 0 Å². The molecular formula is C105H217F11O2. The lowest BCUT2D eigenvalue weighted by Gasteiger charge is -2.44. The molecule has 1 aliphatic heterocycles. The summed E-state index contributed by atoms with van der Waals surface area (Å²) in [5.74, 6) is -7.46. The van der Waals surface area contributed by atoms with Gasteiger partial charge in [0.15, 0.2) is 0 Å². The van der Waals surface area contributed by atoms with Gasteiger partial charge in [-0.2, -0.15) is 0 Å². The van der Waals surface area contributed by atoms with E-state index in [0.29, 0.717) is 67.6 Å². The molecule has 0 spiro atoms. The van der Waals surface area contributed by atoms with Crippen LogP contribution in [0.1, 0.15) is 550 Å². The number of aliphatic hydroxyl groups excluding tert-OH is 1. The van der Waals surface area contributed by atoms with Gasteiger partial charge < -0.3 is 9.84 Å². The molecule has 1 saturated heterocycles. The molecule has 0 amide bonds. The predicted molar refractivity (Wildman–Crippen MR) is 508 cm³/mol. The van der Waals surface area contributed by atoms with Gasteiger partial charge in [0, 0.05) is 37.5 Å². The maximum atomic E-state index is 13.7. The van der Waals surface area contributed by atoms with E-state index in [0.717, 1.165) is 128 Å². The second-order valence-corrected chi connectivity index (χ2v) is 43.6. The van der Waals surface area contributed by atoms with Crippen LogP contribution in [0.25, 0.3) is 0 Å². The molecule has 0 aromatic rings. The van der Waals surface area contributed by atoms with Gasteiger partial charge in [-0.25, -0.2) is 48.3 Å². The summed E-state index contributed by atoms with van der Waals surface area (Å²) >= 11 is 0. The molecule has 0 aromatic carbocycles. The SMILES string of the molecule is C.CCC(C)(CC)CC(C)(C)F.CCC(C)(CC)CC(C)(F)F.CCC(C)(CC)CC1(C)CC1.CCC(C)(CC)CC1(C)COC1.CCC(C)(CC)C[C@@](C)(F)CC.CCC(C)(CC)C[C@@](C)(F)CO.CCC(C)(CC)C[C@](C)(F)CC.CCC(C)(CC)C[C@](C)(F)CC.CCC(F)(F)CC(C)(CC)CC.CCC(F)(F)CC(C)(CC)CC. The molecule has 1 N–H and O–H groups in total. The van der Waals surface area contributed by atoms with Gasteiger partial charge in [-0.3, -0.25) is 0 Å². The number of aliphatic hydroxyl groups is 1. The van der Waals surface area contributed by atoms with Gasteiger partial charge in [0.2, 0.25) is 17.8 Å². The third-order valence-corrected chi connectivity index (χ3v) is 30.5. The highest BCUT2D eigenvalue weighted by atomic mass is 19.3. The molecule has 1 heterocycles. The Kier molecular flexibility index (Phi) is 68.8. The van der Waals surface area contributed by atoms with Crippen molar-refractivity contribution < 1.29 is 58.1 Å². The molecule has 2 nitrogen and oxygen atoms in total. The Morgan fingerprint density at radius 1 is 0.229 bits per heavy atom. The fraction of sp³-hybridized carbons (Fsp3) is 1.00. The van der Waals surface area contributed by atoms with E-state index in [1.807, 2.05) is 83.1 Å². The minimum atomic E-state index is -2.51. The summed E-state index contributed by atoms with van der Waals surface area (Å²) in [6, 6.07) is 0. The van der Waals surface area contributed by atoms with E-state index in [-0.39, 0.29) is 89.5 Å². The third-order valence-electron chi connectivity index (χ3n) is 30.5. The Labute approximate surface area is 734 Å². The molecule has 2 rings (SSSR count). The molecule has 1 aliphatic carbocycles. The van der Waals surface area contributed by atoms with Crippen LogP contribution < -0.4 is 0 Å².